The second-order valence-corrected chi connectivity index (χ2v) is 11.5. The molecule has 1 aromatic carbocycles. The number of aliphatic hydroxyl groups is 2. The minimum atomic E-state index is -2.03. The summed E-state index contributed by atoms with van der Waals surface area (Å²) in [7, 11) is -2.03. The average Bonchev–Trinajstić information content (AvgIpc) is 2.62. The van der Waals surface area contributed by atoms with Crippen LogP contribution in [0.15, 0.2) is 53.6 Å². The molecule has 7 heteroatoms. The number of benzene rings is 1. The Labute approximate surface area is 155 Å². The summed E-state index contributed by atoms with van der Waals surface area (Å²) in [6, 6.07) is 10.1. The number of nitrogens with one attached hydrogen (secondary N) is 1. The van der Waals surface area contributed by atoms with E-state index in [1.807, 2.05) is 24.3 Å². The van der Waals surface area contributed by atoms with E-state index in [1.165, 1.54) is 5.19 Å². The number of hydrogen-bond donors (Lipinski definition) is 3. The lowest BCUT2D eigenvalue weighted by atomic mass is 9.99. The van der Waals surface area contributed by atoms with Crippen LogP contribution in [0.1, 0.15) is 13.8 Å². The predicted molar refractivity (Wildman–Crippen MR) is 102 cm³/mol. The number of ether oxygens (including phenoxy) is 1. The quantitative estimate of drug-likeness (QED) is 0.491. The molecule has 26 heavy (non-hydrogen) atoms. The highest BCUT2D eigenvalue weighted by Crippen LogP contribution is 2.25. The van der Waals surface area contributed by atoms with Crippen molar-refractivity contribution in [3.63, 3.8) is 0 Å². The molecule has 0 fully saturated rings. The van der Waals surface area contributed by atoms with Crippen molar-refractivity contribution in [2.24, 2.45) is 5.92 Å². The first-order chi connectivity index (χ1) is 12.3. The minimum Gasteiger partial charge on any atom is -0.461 e. The van der Waals surface area contributed by atoms with Crippen molar-refractivity contribution in [3.05, 3.63) is 53.6 Å². The van der Waals surface area contributed by atoms with E-state index in [1.54, 1.807) is 20.1 Å². The van der Waals surface area contributed by atoms with Gasteiger partial charge in [0, 0.05) is 0 Å². The molecule has 0 saturated carbocycles. The van der Waals surface area contributed by atoms with Crippen molar-refractivity contribution >= 4 is 19.2 Å². The SMILES string of the molecule is CC(C)OC(=O)[C@@H](O)[C@H](CO)C1=CC([Si](C)(C)c2ccccc2)=CON1. The highest BCUT2D eigenvalue weighted by Gasteiger charge is 2.35. The fraction of sp³-hybridized carbons (Fsp3) is 0.421. The lowest BCUT2D eigenvalue weighted by molar-refractivity contribution is -0.160. The Morgan fingerprint density at radius 3 is 2.50 bits per heavy atom. The van der Waals surface area contributed by atoms with Gasteiger partial charge in [-0.25, -0.2) is 10.3 Å². The Hall–Kier alpha value is -2.09. The van der Waals surface area contributed by atoms with E-state index in [9.17, 15) is 15.0 Å². The molecule has 142 valence electrons. The van der Waals surface area contributed by atoms with Crippen LogP contribution < -0.4 is 10.7 Å². The van der Waals surface area contributed by atoms with E-state index >= 15 is 0 Å². The van der Waals surface area contributed by atoms with Gasteiger partial charge in [0.05, 0.1) is 24.3 Å². The number of rotatable bonds is 7. The van der Waals surface area contributed by atoms with Crippen LogP contribution in [-0.2, 0) is 14.4 Å². The molecule has 0 unspecified atom stereocenters. The smallest absolute Gasteiger partial charge is 0.336 e. The molecule has 1 heterocycles. The summed E-state index contributed by atoms with van der Waals surface area (Å²) in [5.74, 6) is -1.62. The summed E-state index contributed by atoms with van der Waals surface area (Å²) < 4.78 is 5.05. The summed E-state index contributed by atoms with van der Waals surface area (Å²) >= 11 is 0. The maximum Gasteiger partial charge on any atom is 0.336 e. The Kier molecular flexibility index (Phi) is 6.63. The Balaban J connectivity index is 2.26. The third-order valence-electron chi connectivity index (χ3n) is 4.46. The molecule has 0 radical (unpaired) electrons. The number of esters is 1. The summed E-state index contributed by atoms with van der Waals surface area (Å²) in [6.45, 7) is 7.36. The Morgan fingerprint density at radius 1 is 1.27 bits per heavy atom. The predicted octanol–water partition coefficient (Wildman–Crippen LogP) is 1.36. The number of allylic oxidation sites excluding steroid dienone is 2. The average molecular weight is 378 g/mol. The van der Waals surface area contributed by atoms with Gasteiger partial charge in [-0.1, -0.05) is 48.6 Å². The largest absolute Gasteiger partial charge is 0.461 e. The minimum absolute atomic E-state index is 0.346. The fourth-order valence-electron chi connectivity index (χ4n) is 2.76. The molecule has 6 nitrogen and oxygen atoms in total. The van der Waals surface area contributed by atoms with Gasteiger partial charge >= 0.3 is 5.97 Å². The van der Waals surface area contributed by atoms with E-state index in [-0.39, 0.29) is 6.10 Å². The van der Waals surface area contributed by atoms with Crippen LogP contribution >= 0.6 is 0 Å². The van der Waals surface area contributed by atoms with Crippen LogP contribution in [0.2, 0.25) is 13.1 Å². The first-order valence-electron chi connectivity index (χ1n) is 8.66. The molecule has 0 spiro atoms. The van der Waals surface area contributed by atoms with Gasteiger partial charge in [-0.15, -0.1) is 0 Å². The Morgan fingerprint density at radius 2 is 1.92 bits per heavy atom. The summed E-state index contributed by atoms with van der Waals surface area (Å²) in [5.41, 5.74) is 3.15. The molecule has 2 rings (SSSR count). The summed E-state index contributed by atoms with van der Waals surface area (Å²) in [4.78, 5) is 17.4. The van der Waals surface area contributed by atoms with Gasteiger partial charge in [0.2, 0.25) is 0 Å². The van der Waals surface area contributed by atoms with Gasteiger partial charge in [0.25, 0.3) is 0 Å². The van der Waals surface area contributed by atoms with Crippen molar-refractivity contribution in [3.8, 4) is 0 Å². The molecule has 0 saturated heterocycles. The standard InChI is InChI=1S/C19H27NO5Si/c1-13(2)25-19(23)18(22)16(11-21)17-10-15(12-24-20-17)26(3,4)14-8-6-5-7-9-14/h5-10,12-13,16,18,20-22H,11H2,1-4H3/t16-,18+/m1/s1. The number of hydroxylamine groups is 1. The summed E-state index contributed by atoms with van der Waals surface area (Å²) in [5, 5.41) is 22.2. The van der Waals surface area contributed by atoms with Crippen LogP contribution in [0.25, 0.3) is 0 Å². The first kappa shape index (κ1) is 20.2. The number of aliphatic hydroxyl groups excluding tert-OH is 2. The third kappa shape index (κ3) is 4.54. The summed E-state index contributed by atoms with van der Waals surface area (Å²) in [6.07, 6.45) is 1.68. The lowest BCUT2D eigenvalue weighted by Crippen LogP contribution is -2.46. The lowest BCUT2D eigenvalue weighted by Gasteiger charge is -2.30. The normalized spacial score (nSPS) is 16.7. The molecule has 0 bridgehead atoms. The fourth-order valence-corrected chi connectivity index (χ4v) is 4.99. The molecule has 1 aliphatic heterocycles. The number of carbonyl (C=O) groups excluding carboxylic acids is 1. The first-order valence-corrected chi connectivity index (χ1v) is 11.7. The maximum absolute atomic E-state index is 12.0. The molecule has 0 amide bonds. The van der Waals surface area contributed by atoms with E-state index < -0.39 is 32.7 Å². The van der Waals surface area contributed by atoms with Gasteiger partial charge in [-0.3, -0.25) is 0 Å². The van der Waals surface area contributed by atoms with Gasteiger partial charge in [-0.05, 0) is 25.1 Å². The van der Waals surface area contributed by atoms with Gasteiger partial charge in [0.1, 0.15) is 14.3 Å². The zero-order valence-corrected chi connectivity index (χ0v) is 16.6. The molecule has 1 aliphatic rings. The topological polar surface area (TPSA) is 88.0 Å². The number of carbonyl (C=O) groups is 1. The van der Waals surface area contributed by atoms with Crippen LogP contribution in [0.4, 0.5) is 0 Å². The molecule has 3 N–H and O–H groups in total. The van der Waals surface area contributed by atoms with Gasteiger partial charge < -0.3 is 19.8 Å². The Bertz CT molecular complexity index is 684. The molecule has 0 aromatic heterocycles. The third-order valence-corrected chi connectivity index (χ3v) is 7.94. The molecular weight excluding hydrogens is 350 g/mol. The van der Waals surface area contributed by atoms with E-state index in [4.69, 9.17) is 9.57 Å². The highest BCUT2D eigenvalue weighted by atomic mass is 28.3. The van der Waals surface area contributed by atoms with Crippen LogP contribution in [0.3, 0.4) is 0 Å². The number of hydrogen-bond acceptors (Lipinski definition) is 6. The van der Waals surface area contributed by atoms with Crippen molar-refractivity contribution in [1.29, 1.82) is 0 Å². The monoisotopic (exact) mass is 377 g/mol. The van der Waals surface area contributed by atoms with Gasteiger partial charge in [-0.2, -0.15) is 0 Å². The van der Waals surface area contributed by atoms with Crippen LogP contribution in [-0.4, -0.2) is 43.1 Å². The van der Waals surface area contributed by atoms with Gasteiger partial charge in [0.15, 0.2) is 6.10 Å². The van der Waals surface area contributed by atoms with Crippen molar-refractivity contribution in [1.82, 2.24) is 5.48 Å². The molecule has 2 atom stereocenters. The molecule has 1 aromatic rings. The highest BCUT2D eigenvalue weighted by molar-refractivity contribution is 6.96. The van der Waals surface area contributed by atoms with Crippen molar-refractivity contribution < 1.29 is 24.6 Å². The second-order valence-electron chi connectivity index (χ2n) is 7.10. The maximum atomic E-state index is 12.0. The van der Waals surface area contributed by atoms with Crippen LogP contribution in [0, 0.1) is 5.92 Å². The van der Waals surface area contributed by atoms with E-state index in [2.05, 4.69) is 30.7 Å². The van der Waals surface area contributed by atoms with E-state index in [0.717, 1.165) is 5.20 Å². The second kappa shape index (κ2) is 8.53. The van der Waals surface area contributed by atoms with Crippen LogP contribution in [0.5, 0.6) is 0 Å². The van der Waals surface area contributed by atoms with Crippen molar-refractivity contribution in [2.75, 3.05) is 6.61 Å². The zero-order valence-electron chi connectivity index (χ0n) is 15.6. The van der Waals surface area contributed by atoms with E-state index in [0.29, 0.717) is 5.70 Å². The zero-order chi connectivity index (χ0) is 19.3. The molecule has 0 aliphatic carbocycles. The van der Waals surface area contributed by atoms with Crippen molar-refractivity contribution in [2.45, 2.75) is 39.1 Å². The molecular formula is C19H27NO5Si.